The van der Waals surface area contributed by atoms with Gasteiger partial charge in [-0.1, -0.05) is 24.3 Å². The third kappa shape index (κ3) is 3.82. The highest BCUT2D eigenvalue weighted by Gasteiger charge is 2.26. The number of benzene rings is 2. The number of nitrogens with zero attached hydrogens (tertiary/aromatic N) is 3. The first kappa shape index (κ1) is 18.7. The van der Waals surface area contributed by atoms with Crippen molar-refractivity contribution < 1.29 is 9.59 Å². The molecule has 2 amide bonds. The van der Waals surface area contributed by atoms with Crippen LogP contribution in [0, 0.1) is 0 Å². The molecular formula is C23H22N4O2. The van der Waals surface area contributed by atoms with E-state index in [1.807, 2.05) is 67.5 Å². The van der Waals surface area contributed by atoms with E-state index in [0.717, 1.165) is 23.4 Å². The fourth-order valence-electron chi connectivity index (χ4n) is 3.41. The van der Waals surface area contributed by atoms with Crippen molar-refractivity contribution in [3.63, 3.8) is 0 Å². The normalized spacial score (nSPS) is 12.4. The number of anilines is 3. The number of rotatable bonds is 4. The van der Waals surface area contributed by atoms with Gasteiger partial charge in [0.25, 0.3) is 11.8 Å². The fraction of sp³-hybridized carbons (Fsp3) is 0.174. The van der Waals surface area contributed by atoms with Crippen LogP contribution in [-0.4, -0.2) is 37.4 Å². The number of carbonyl (C=O) groups excluding carboxylic acids is 2. The Kier molecular flexibility index (Phi) is 4.99. The SMILES string of the molecule is CN(C)c1ccc(NC(=O)c2cccc(C(=O)N3CCc4ccccc43)n2)cc1. The van der Waals surface area contributed by atoms with Crippen molar-refractivity contribution in [2.45, 2.75) is 6.42 Å². The van der Waals surface area contributed by atoms with E-state index in [1.165, 1.54) is 0 Å². The molecule has 1 N–H and O–H groups in total. The topological polar surface area (TPSA) is 65.5 Å². The Labute approximate surface area is 169 Å². The van der Waals surface area contributed by atoms with Gasteiger partial charge in [0.05, 0.1) is 0 Å². The lowest BCUT2D eigenvalue weighted by molar-refractivity contribution is 0.0984. The van der Waals surface area contributed by atoms with Crippen molar-refractivity contribution >= 4 is 28.9 Å². The van der Waals surface area contributed by atoms with Gasteiger partial charge in [-0.05, 0) is 54.4 Å². The Morgan fingerprint density at radius 1 is 0.931 bits per heavy atom. The molecule has 0 fully saturated rings. The smallest absolute Gasteiger partial charge is 0.276 e. The van der Waals surface area contributed by atoms with Gasteiger partial charge in [-0.15, -0.1) is 0 Å². The van der Waals surface area contributed by atoms with Gasteiger partial charge in [0.1, 0.15) is 11.4 Å². The van der Waals surface area contributed by atoms with Gasteiger partial charge in [0, 0.05) is 37.7 Å². The summed E-state index contributed by atoms with van der Waals surface area (Å²) in [6.45, 7) is 0.620. The van der Waals surface area contributed by atoms with E-state index in [9.17, 15) is 9.59 Å². The van der Waals surface area contributed by atoms with Gasteiger partial charge in [-0.2, -0.15) is 0 Å². The Morgan fingerprint density at radius 2 is 1.66 bits per heavy atom. The Hall–Kier alpha value is -3.67. The third-order valence-corrected chi connectivity index (χ3v) is 4.97. The van der Waals surface area contributed by atoms with Gasteiger partial charge in [0.2, 0.25) is 0 Å². The summed E-state index contributed by atoms with van der Waals surface area (Å²) in [5.41, 5.74) is 4.25. The first-order chi connectivity index (χ1) is 14.0. The number of hydrogen-bond acceptors (Lipinski definition) is 4. The summed E-state index contributed by atoms with van der Waals surface area (Å²) in [5, 5.41) is 2.83. The number of pyridine rings is 1. The second kappa shape index (κ2) is 7.75. The molecular weight excluding hydrogens is 364 g/mol. The van der Waals surface area contributed by atoms with Crippen LogP contribution < -0.4 is 15.1 Å². The van der Waals surface area contributed by atoms with Crippen LogP contribution in [0.2, 0.25) is 0 Å². The first-order valence-electron chi connectivity index (χ1n) is 9.48. The zero-order chi connectivity index (χ0) is 20.4. The van der Waals surface area contributed by atoms with Crippen molar-refractivity contribution in [3.8, 4) is 0 Å². The van der Waals surface area contributed by atoms with E-state index in [2.05, 4.69) is 10.3 Å². The second-order valence-electron chi connectivity index (χ2n) is 7.14. The molecule has 1 aliphatic rings. The minimum absolute atomic E-state index is 0.195. The number of nitrogens with one attached hydrogen (secondary N) is 1. The van der Waals surface area contributed by atoms with Crippen LogP contribution in [-0.2, 0) is 6.42 Å². The number of aromatic nitrogens is 1. The highest BCUT2D eigenvalue weighted by molar-refractivity contribution is 6.08. The zero-order valence-electron chi connectivity index (χ0n) is 16.4. The summed E-state index contributed by atoms with van der Waals surface area (Å²) >= 11 is 0. The molecule has 1 aliphatic heterocycles. The second-order valence-corrected chi connectivity index (χ2v) is 7.14. The molecule has 0 unspecified atom stereocenters. The molecule has 4 rings (SSSR count). The summed E-state index contributed by atoms with van der Waals surface area (Å²) in [6.07, 6.45) is 0.824. The molecule has 0 radical (unpaired) electrons. The number of hydrogen-bond donors (Lipinski definition) is 1. The van der Waals surface area contributed by atoms with E-state index in [1.54, 1.807) is 23.1 Å². The molecule has 29 heavy (non-hydrogen) atoms. The van der Waals surface area contributed by atoms with Gasteiger partial charge >= 0.3 is 0 Å². The van der Waals surface area contributed by atoms with Gasteiger partial charge < -0.3 is 15.1 Å². The van der Waals surface area contributed by atoms with E-state index in [0.29, 0.717) is 12.2 Å². The van der Waals surface area contributed by atoms with E-state index in [4.69, 9.17) is 0 Å². The molecule has 0 aliphatic carbocycles. The average Bonchev–Trinajstić information content (AvgIpc) is 3.18. The summed E-state index contributed by atoms with van der Waals surface area (Å²) in [5.74, 6) is -0.543. The maximum Gasteiger partial charge on any atom is 0.276 e. The summed E-state index contributed by atoms with van der Waals surface area (Å²) in [4.78, 5) is 33.6. The fourth-order valence-corrected chi connectivity index (χ4v) is 3.41. The summed E-state index contributed by atoms with van der Waals surface area (Å²) in [7, 11) is 3.91. The Bertz CT molecular complexity index is 1060. The quantitative estimate of drug-likeness (QED) is 0.744. The molecule has 2 aromatic carbocycles. The lowest BCUT2D eigenvalue weighted by Gasteiger charge is -2.17. The average molecular weight is 386 g/mol. The molecule has 0 atom stereocenters. The molecule has 6 nitrogen and oxygen atoms in total. The highest BCUT2D eigenvalue weighted by atomic mass is 16.2. The molecule has 6 heteroatoms. The molecule has 0 bridgehead atoms. The first-order valence-corrected chi connectivity index (χ1v) is 9.48. The Morgan fingerprint density at radius 3 is 2.41 bits per heavy atom. The summed E-state index contributed by atoms with van der Waals surface area (Å²) < 4.78 is 0. The van der Waals surface area contributed by atoms with E-state index >= 15 is 0 Å². The maximum atomic E-state index is 13.0. The van der Waals surface area contributed by atoms with Crippen LogP contribution in [0.1, 0.15) is 26.5 Å². The lowest BCUT2D eigenvalue weighted by Crippen LogP contribution is -2.30. The standard InChI is InChI=1S/C23H22N4O2/c1-26(2)18-12-10-17(11-13-18)24-22(28)19-7-5-8-20(25-19)23(29)27-15-14-16-6-3-4-9-21(16)27/h3-13H,14-15H2,1-2H3,(H,24,28). The van der Waals surface area contributed by atoms with Crippen molar-refractivity contribution in [2.75, 3.05) is 35.8 Å². The molecule has 0 saturated carbocycles. The number of fused-ring (bicyclic) bond motifs is 1. The van der Waals surface area contributed by atoms with Gasteiger partial charge in [0.15, 0.2) is 0 Å². The monoisotopic (exact) mass is 386 g/mol. The molecule has 2 heterocycles. The predicted octanol–water partition coefficient (Wildman–Crippen LogP) is 3.60. The Balaban J connectivity index is 1.51. The number of amides is 2. The van der Waals surface area contributed by atoms with Crippen molar-refractivity contribution in [3.05, 3.63) is 83.7 Å². The molecule has 1 aromatic heterocycles. The van der Waals surface area contributed by atoms with Crippen LogP contribution >= 0.6 is 0 Å². The van der Waals surface area contributed by atoms with Crippen molar-refractivity contribution in [1.29, 1.82) is 0 Å². The zero-order valence-corrected chi connectivity index (χ0v) is 16.4. The van der Waals surface area contributed by atoms with Crippen LogP contribution in [0.5, 0.6) is 0 Å². The molecule has 0 spiro atoms. The molecule has 146 valence electrons. The molecule has 0 saturated heterocycles. The van der Waals surface area contributed by atoms with Crippen molar-refractivity contribution in [1.82, 2.24) is 4.98 Å². The van der Waals surface area contributed by atoms with Gasteiger partial charge in [-0.3, -0.25) is 9.59 Å². The largest absolute Gasteiger partial charge is 0.378 e. The van der Waals surface area contributed by atoms with Crippen LogP contribution in [0.4, 0.5) is 17.1 Å². The maximum absolute atomic E-state index is 13.0. The number of para-hydroxylation sites is 1. The minimum Gasteiger partial charge on any atom is -0.378 e. The third-order valence-electron chi connectivity index (χ3n) is 4.97. The minimum atomic E-state index is -0.348. The van der Waals surface area contributed by atoms with Crippen LogP contribution in [0.25, 0.3) is 0 Å². The van der Waals surface area contributed by atoms with Crippen molar-refractivity contribution in [2.24, 2.45) is 0 Å². The van der Waals surface area contributed by atoms with E-state index in [-0.39, 0.29) is 23.2 Å². The van der Waals surface area contributed by atoms with E-state index < -0.39 is 0 Å². The summed E-state index contributed by atoms with van der Waals surface area (Å²) in [6, 6.07) is 20.3. The molecule has 3 aromatic rings. The van der Waals surface area contributed by atoms with Gasteiger partial charge in [-0.25, -0.2) is 4.98 Å². The predicted molar refractivity (Wildman–Crippen MR) is 115 cm³/mol. The van der Waals surface area contributed by atoms with Crippen LogP contribution in [0.3, 0.4) is 0 Å². The lowest BCUT2D eigenvalue weighted by atomic mass is 10.2. The highest BCUT2D eigenvalue weighted by Crippen LogP contribution is 2.28. The number of carbonyl (C=O) groups is 2. The van der Waals surface area contributed by atoms with Crippen LogP contribution in [0.15, 0.2) is 66.7 Å².